The molecule has 5 heteroatoms. The summed E-state index contributed by atoms with van der Waals surface area (Å²) in [7, 11) is 1.26. The van der Waals surface area contributed by atoms with Crippen LogP contribution in [-0.2, 0) is 19.1 Å². The van der Waals surface area contributed by atoms with Crippen molar-refractivity contribution in [2.45, 2.75) is 32.8 Å². The molecule has 0 radical (unpaired) electrons. The number of ether oxygens (including phenoxy) is 2. The zero-order valence-electron chi connectivity index (χ0n) is 9.86. The lowest BCUT2D eigenvalue weighted by atomic mass is 9.95. The molecule has 0 saturated carbocycles. The van der Waals surface area contributed by atoms with E-state index in [1.165, 1.54) is 14.0 Å². The molecule has 16 heavy (non-hydrogen) atoms. The number of nitrogens with zero attached hydrogens (tertiary/aromatic N) is 1. The molecular formula is C11H15NO4. The van der Waals surface area contributed by atoms with Gasteiger partial charge in [0.15, 0.2) is 0 Å². The molecule has 1 unspecified atom stereocenters. The molecule has 0 spiro atoms. The Morgan fingerprint density at radius 2 is 2.25 bits per heavy atom. The average Bonchev–Trinajstić information content (AvgIpc) is 2.24. The number of rotatable bonds is 2. The zero-order valence-corrected chi connectivity index (χ0v) is 9.86. The Labute approximate surface area is 94.1 Å². The second-order valence-electron chi connectivity index (χ2n) is 3.75. The van der Waals surface area contributed by atoms with Gasteiger partial charge in [-0.05, 0) is 20.8 Å². The molecule has 0 saturated heterocycles. The second-order valence-corrected chi connectivity index (χ2v) is 3.75. The van der Waals surface area contributed by atoms with Crippen molar-refractivity contribution < 1.29 is 19.1 Å². The van der Waals surface area contributed by atoms with Gasteiger partial charge in [0, 0.05) is 12.6 Å². The van der Waals surface area contributed by atoms with Crippen LogP contribution in [-0.4, -0.2) is 30.9 Å². The highest BCUT2D eigenvalue weighted by Crippen LogP contribution is 2.31. The molecule has 0 aromatic heterocycles. The monoisotopic (exact) mass is 225 g/mol. The third-order valence-corrected chi connectivity index (χ3v) is 2.46. The van der Waals surface area contributed by atoms with Crippen LogP contribution in [0.4, 0.5) is 0 Å². The number of carbonyl (C=O) groups is 2. The molecule has 1 heterocycles. The fraction of sp³-hybridized carbons (Fsp3) is 0.545. The summed E-state index contributed by atoms with van der Waals surface area (Å²) >= 11 is 0. The second kappa shape index (κ2) is 4.47. The fourth-order valence-corrected chi connectivity index (χ4v) is 1.52. The number of cyclic esters (lactones) is 1. The normalized spacial score (nSPS) is 25.9. The summed E-state index contributed by atoms with van der Waals surface area (Å²) in [5.74, 6) is -1.10. The lowest BCUT2D eigenvalue weighted by Crippen LogP contribution is -2.44. The lowest BCUT2D eigenvalue weighted by Gasteiger charge is -2.31. The van der Waals surface area contributed by atoms with Gasteiger partial charge in [-0.2, -0.15) is 0 Å². The minimum absolute atomic E-state index is 0.238. The summed E-state index contributed by atoms with van der Waals surface area (Å²) in [4.78, 5) is 27.1. The predicted octanol–water partition coefficient (Wildman–Crippen LogP) is 1.23. The quantitative estimate of drug-likeness (QED) is 0.523. The van der Waals surface area contributed by atoms with Crippen molar-refractivity contribution in [3.8, 4) is 0 Å². The zero-order chi connectivity index (χ0) is 12.3. The minimum Gasteiger partial charge on any atom is -0.466 e. The number of hydrogen-bond acceptors (Lipinski definition) is 5. The van der Waals surface area contributed by atoms with E-state index in [1.54, 1.807) is 20.1 Å². The van der Waals surface area contributed by atoms with Crippen molar-refractivity contribution in [3.05, 3.63) is 11.3 Å². The maximum absolute atomic E-state index is 11.6. The molecule has 0 bridgehead atoms. The molecule has 0 aromatic carbocycles. The molecule has 0 aromatic rings. The Hall–Kier alpha value is -1.65. The van der Waals surface area contributed by atoms with E-state index in [0.717, 1.165) is 0 Å². The van der Waals surface area contributed by atoms with Crippen LogP contribution in [0, 0.1) is 0 Å². The van der Waals surface area contributed by atoms with Crippen LogP contribution >= 0.6 is 0 Å². The van der Waals surface area contributed by atoms with E-state index in [1.807, 2.05) is 0 Å². The third kappa shape index (κ3) is 2.13. The Morgan fingerprint density at radius 3 is 2.75 bits per heavy atom. The van der Waals surface area contributed by atoms with Gasteiger partial charge in [0.25, 0.3) is 0 Å². The first-order chi connectivity index (χ1) is 7.44. The van der Waals surface area contributed by atoms with Gasteiger partial charge in [-0.1, -0.05) is 0 Å². The van der Waals surface area contributed by atoms with Crippen LogP contribution in [0.25, 0.3) is 0 Å². The van der Waals surface area contributed by atoms with Crippen LogP contribution in [0.5, 0.6) is 0 Å². The highest BCUT2D eigenvalue weighted by molar-refractivity contribution is 5.94. The largest absolute Gasteiger partial charge is 0.466 e. The van der Waals surface area contributed by atoms with E-state index in [9.17, 15) is 9.59 Å². The van der Waals surface area contributed by atoms with Gasteiger partial charge in [-0.25, -0.2) is 9.59 Å². The van der Waals surface area contributed by atoms with E-state index in [0.29, 0.717) is 11.3 Å². The van der Waals surface area contributed by atoms with Gasteiger partial charge in [-0.3, -0.25) is 4.99 Å². The Balaban J connectivity index is 3.09. The van der Waals surface area contributed by atoms with E-state index >= 15 is 0 Å². The third-order valence-electron chi connectivity index (χ3n) is 2.46. The van der Waals surface area contributed by atoms with Crippen molar-refractivity contribution in [2.75, 3.05) is 7.11 Å². The topological polar surface area (TPSA) is 65.0 Å². The Morgan fingerprint density at radius 1 is 1.62 bits per heavy atom. The SMILES string of the molecule is CC=NC1=C(C)C(=O)OC(C)(C(=O)OC)C1. The number of methoxy groups -OCH3 is 1. The van der Waals surface area contributed by atoms with Crippen molar-refractivity contribution in [2.24, 2.45) is 4.99 Å². The van der Waals surface area contributed by atoms with Gasteiger partial charge in [0.1, 0.15) is 0 Å². The molecular weight excluding hydrogens is 210 g/mol. The molecule has 0 fully saturated rings. The number of esters is 2. The summed E-state index contributed by atoms with van der Waals surface area (Å²) in [6.07, 6.45) is 1.82. The van der Waals surface area contributed by atoms with Gasteiger partial charge >= 0.3 is 11.9 Å². The Bertz CT molecular complexity index is 383. The van der Waals surface area contributed by atoms with Gasteiger partial charge in [0.2, 0.25) is 5.60 Å². The first-order valence-electron chi connectivity index (χ1n) is 4.95. The average molecular weight is 225 g/mol. The molecule has 88 valence electrons. The summed E-state index contributed by atoms with van der Waals surface area (Å²) in [5.41, 5.74) is -0.279. The van der Waals surface area contributed by atoms with Gasteiger partial charge in [-0.15, -0.1) is 0 Å². The first kappa shape index (κ1) is 12.4. The first-order valence-corrected chi connectivity index (χ1v) is 4.95. The summed E-state index contributed by atoms with van der Waals surface area (Å²) in [6, 6.07) is 0. The number of aliphatic imine (C=N–C) groups is 1. The van der Waals surface area contributed by atoms with Crippen molar-refractivity contribution in [3.63, 3.8) is 0 Å². The standard InChI is InChI=1S/C11H15NO4/c1-5-12-8-6-11(3,10(14)15-4)16-9(13)7(8)2/h5H,6H2,1-4H3. The highest BCUT2D eigenvalue weighted by atomic mass is 16.6. The molecule has 5 nitrogen and oxygen atoms in total. The van der Waals surface area contributed by atoms with Crippen LogP contribution in [0.3, 0.4) is 0 Å². The van der Waals surface area contributed by atoms with E-state index in [-0.39, 0.29) is 6.42 Å². The lowest BCUT2D eigenvalue weighted by molar-refractivity contribution is -0.177. The molecule has 0 aliphatic carbocycles. The van der Waals surface area contributed by atoms with Crippen LogP contribution in [0.2, 0.25) is 0 Å². The Kier molecular flexibility index (Phi) is 3.47. The van der Waals surface area contributed by atoms with Gasteiger partial charge < -0.3 is 9.47 Å². The van der Waals surface area contributed by atoms with Crippen LogP contribution < -0.4 is 0 Å². The number of carbonyl (C=O) groups excluding carboxylic acids is 2. The molecule has 1 rings (SSSR count). The van der Waals surface area contributed by atoms with Crippen LogP contribution in [0.15, 0.2) is 16.3 Å². The van der Waals surface area contributed by atoms with E-state index < -0.39 is 17.5 Å². The minimum atomic E-state index is -1.27. The molecule has 1 atom stereocenters. The van der Waals surface area contributed by atoms with Crippen LogP contribution in [0.1, 0.15) is 27.2 Å². The highest BCUT2D eigenvalue weighted by Gasteiger charge is 2.43. The molecule has 1 aliphatic rings. The van der Waals surface area contributed by atoms with E-state index in [2.05, 4.69) is 9.73 Å². The van der Waals surface area contributed by atoms with Gasteiger partial charge in [0.05, 0.1) is 18.4 Å². The summed E-state index contributed by atoms with van der Waals surface area (Å²) in [5, 5.41) is 0. The molecule has 0 amide bonds. The summed E-state index contributed by atoms with van der Waals surface area (Å²) < 4.78 is 9.68. The van der Waals surface area contributed by atoms with E-state index in [4.69, 9.17) is 4.74 Å². The maximum atomic E-state index is 11.6. The van der Waals surface area contributed by atoms with Crippen molar-refractivity contribution in [1.82, 2.24) is 0 Å². The predicted molar refractivity (Wildman–Crippen MR) is 58.0 cm³/mol. The summed E-state index contributed by atoms with van der Waals surface area (Å²) in [6.45, 7) is 4.89. The molecule has 0 N–H and O–H groups in total. The number of hydrogen-bond donors (Lipinski definition) is 0. The maximum Gasteiger partial charge on any atom is 0.350 e. The van der Waals surface area contributed by atoms with Crippen molar-refractivity contribution in [1.29, 1.82) is 0 Å². The fourth-order valence-electron chi connectivity index (χ4n) is 1.52. The molecule has 1 aliphatic heterocycles. The smallest absolute Gasteiger partial charge is 0.350 e. The van der Waals surface area contributed by atoms with Crippen molar-refractivity contribution >= 4 is 18.2 Å².